The summed E-state index contributed by atoms with van der Waals surface area (Å²) in [6, 6.07) is 0.677. The molecular formula is C14H24BrN. The lowest BCUT2D eigenvalue weighted by molar-refractivity contribution is -0.0512. The molecule has 0 aromatic heterocycles. The van der Waals surface area contributed by atoms with Crippen molar-refractivity contribution in [3.8, 4) is 0 Å². The molecule has 0 aliphatic heterocycles. The van der Waals surface area contributed by atoms with E-state index in [4.69, 9.17) is 0 Å². The smallest absolute Gasteiger partial charge is 0.0231 e. The Bertz CT molecular complexity index is 264. The quantitative estimate of drug-likeness (QED) is 0.782. The minimum absolute atomic E-state index is 0.636. The van der Waals surface area contributed by atoms with E-state index in [1.165, 1.54) is 32.1 Å². The van der Waals surface area contributed by atoms with E-state index in [2.05, 4.69) is 35.2 Å². The first-order chi connectivity index (χ1) is 7.63. The number of rotatable bonds is 3. The summed E-state index contributed by atoms with van der Waals surface area (Å²) in [7, 11) is 2.11. The standard InChI is InChI=1S/C14H24BrN/c1-9(16-2)6-14-7-10-3-11(8-14)5-12(4-10)13(14)15/h9-13,16H,3-8H2,1-2H3/t9-,10+,11+,12?,13-,14?/m1/s1. The second-order valence-corrected chi connectivity index (χ2v) is 7.75. The monoisotopic (exact) mass is 285 g/mol. The summed E-state index contributed by atoms with van der Waals surface area (Å²) in [4.78, 5) is 0.809. The fourth-order valence-corrected chi connectivity index (χ4v) is 6.13. The summed E-state index contributed by atoms with van der Waals surface area (Å²) in [5.74, 6) is 3.13. The molecule has 4 rings (SSSR count). The summed E-state index contributed by atoms with van der Waals surface area (Å²) in [6.45, 7) is 2.35. The number of nitrogens with one attached hydrogen (secondary N) is 1. The third-order valence-corrected chi connectivity index (χ3v) is 7.25. The summed E-state index contributed by atoms with van der Waals surface area (Å²) in [5.41, 5.74) is 0.636. The lowest BCUT2D eigenvalue weighted by atomic mass is 9.48. The molecule has 0 aromatic rings. The van der Waals surface area contributed by atoms with Gasteiger partial charge in [-0.2, -0.15) is 0 Å². The topological polar surface area (TPSA) is 12.0 Å². The van der Waals surface area contributed by atoms with E-state index >= 15 is 0 Å². The Morgan fingerprint density at radius 2 is 1.88 bits per heavy atom. The predicted octanol–water partition coefficient (Wildman–Crippen LogP) is 3.57. The second-order valence-electron chi connectivity index (χ2n) is 6.77. The molecule has 4 saturated carbocycles. The zero-order valence-corrected chi connectivity index (χ0v) is 12.1. The maximum Gasteiger partial charge on any atom is 0.0231 e. The van der Waals surface area contributed by atoms with Crippen molar-refractivity contribution in [1.82, 2.24) is 5.32 Å². The minimum atomic E-state index is 0.636. The van der Waals surface area contributed by atoms with Gasteiger partial charge in [0, 0.05) is 10.9 Å². The maximum atomic E-state index is 4.07. The van der Waals surface area contributed by atoms with Gasteiger partial charge in [0.1, 0.15) is 0 Å². The molecule has 0 spiro atoms. The van der Waals surface area contributed by atoms with Gasteiger partial charge in [0.2, 0.25) is 0 Å². The Morgan fingerprint density at radius 3 is 2.44 bits per heavy atom. The molecule has 0 heterocycles. The van der Waals surface area contributed by atoms with E-state index in [-0.39, 0.29) is 0 Å². The van der Waals surface area contributed by atoms with Crippen LogP contribution in [0.15, 0.2) is 0 Å². The van der Waals surface area contributed by atoms with E-state index in [0.29, 0.717) is 11.5 Å². The van der Waals surface area contributed by atoms with Crippen LogP contribution in [-0.2, 0) is 0 Å². The average molecular weight is 286 g/mol. The first-order valence-electron chi connectivity index (χ1n) is 6.94. The van der Waals surface area contributed by atoms with Gasteiger partial charge in [-0.1, -0.05) is 15.9 Å². The second kappa shape index (κ2) is 3.98. The molecular weight excluding hydrogens is 262 g/mol. The van der Waals surface area contributed by atoms with Gasteiger partial charge in [-0.05, 0) is 75.7 Å². The first-order valence-corrected chi connectivity index (χ1v) is 7.86. The summed E-state index contributed by atoms with van der Waals surface area (Å²) in [6.07, 6.45) is 8.96. The van der Waals surface area contributed by atoms with Crippen molar-refractivity contribution >= 4 is 15.9 Å². The van der Waals surface area contributed by atoms with Crippen molar-refractivity contribution in [2.45, 2.75) is 56.3 Å². The lowest BCUT2D eigenvalue weighted by Gasteiger charge is -2.60. The Hall–Kier alpha value is 0.440. The molecule has 0 saturated heterocycles. The molecule has 4 atom stereocenters. The van der Waals surface area contributed by atoms with Gasteiger partial charge in [-0.15, -0.1) is 0 Å². The highest BCUT2D eigenvalue weighted by atomic mass is 79.9. The van der Waals surface area contributed by atoms with Gasteiger partial charge >= 0.3 is 0 Å². The first kappa shape index (κ1) is 11.5. The Kier molecular flexibility index (Phi) is 2.87. The Morgan fingerprint density at radius 1 is 1.25 bits per heavy atom. The van der Waals surface area contributed by atoms with Crippen LogP contribution in [0.5, 0.6) is 0 Å². The van der Waals surface area contributed by atoms with Gasteiger partial charge in [0.25, 0.3) is 0 Å². The van der Waals surface area contributed by atoms with E-state index in [1.54, 1.807) is 6.42 Å². The number of hydrogen-bond donors (Lipinski definition) is 1. The predicted molar refractivity (Wildman–Crippen MR) is 71.8 cm³/mol. The molecule has 16 heavy (non-hydrogen) atoms. The molecule has 92 valence electrons. The summed E-state index contributed by atoms with van der Waals surface area (Å²) in [5, 5.41) is 3.44. The highest BCUT2D eigenvalue weighted by Crippen LogP contribution is 2.63. The molecule has 4 aliphatic rings. The van der Waals surface area contributed by atoms with Crippen LogP contribution in [0.3, 0.4) is 0 Å². The zero-order chi connectivity index (χ0) is 11.3. The van der Waals surface area contributed by atoms with Crippen LogP contribution in [0, 0.1) is 23.2 Å². The minimum Gasteiger partial charge on any atom is -0.317 e. The Balaban J connectivity index is 1.82. The van der Waals surface area contributed by atoms with Crippen LogP contribution in [0.25, 0.3) is 0 Å². The van der Waals surface area contributed by atoms with Crippen molar-refractivity contribution in [3.05, 3.63) is 0 Å². The van der Waals surface area contributed by atoms with Crippen molar-refractivity contribution in [2.75, 3.05) is 7.05 Å². The van der Waals surface area contributed by atoms with E-state index in [0.717, 1.165) is 22.6 Å². The molecule has 0 aromatic carbocycles. The number of alkyl halides is 1. The SMILES string of the molecule is CN[C@H](C)CC12C[C@@H]3CC(C[C@H](C3)C1)[C@H]2Br. The van der Waals surface area contributed by atoms with E-state index in [9.17, 15) is 0 Å². The number of hydrogen-bond acceptors (Lipinski definition) is 1. The largest absolute Gasteiger partial charge is 0.317 e. The molecule has 0 amide bonds. The lowest BCUT2D eigenvalue weighted by Crippen LogP contribution is -2.55. The summed E-state index contributed by atoms with van der Waals surface area (Å²) < 4.78 is 0. The van der Waals surface area contributed by atoms with Crippen LogP contribution >= 0.6 is 15.9 Å². The van der Waals surface area contributed by atoms with Crippen molar-refractivity contribution in [2.24, 2.45) is 23.2 Å². The molecule has 1 nitrogen and oxygen atoms in total. The normalized spacial score (nSPS) is 51.9. The van der Waals surface area contributed by atoms with E-state index in [1.807, 2.05) is 0 Å². The van der Waals surface area contributed by atoms with Gasteiger partial charge in [-0.3, -0.25) is 0 Å². The maximum absolute atomic E-state index is 4.07. The van der Waals surface area contributed by atoms with Crippen molar-refractivity contribution in [1.29, 1.82) is 0 Å². The van der Waals surface area contributed by atoms with Gasteiger partial charge < -0.3 is 5.32 Å². The van der Waals surface area contributed by atoms with Crippen LogP contribution in [-0.4, -0.2) is 17.9 Å². The molecule has 4 aliphatic carbocycles. The Labute approximate surface area is 108 Å². The van der Waals surface area contributed by atoms with Crippen molar-refractivity contribution < 1.29 is 0 Å². The fraction of sp³-hybridized carbons (Fsp3) is 1.00. The highest BCUT2D eigenvalue weighted by molar-refractivity contribution is 9.09. The van der Waals surface area contributed by atoms with Crippen LogP contribution in [0.2, 0.25) is 0 Å². The van der Waals surface area contributed by atoms with Crippen LogP contribution < -0.4 is 5.32 Å². The van der Waals surface area contributed by atoms with Gasteiger partial charge in [0.05, 0.1) is 0 Å². The van der Waals surface area contributed by atoms with E-state index < -0.39 is 0 Å². The summed E-state index contributed by atoms with van der Waals surface area (Å²) >= 11 is 4.07. The third kappa shape index (κ3) is 1.68. The number of halogens is 1. The molecule has 0 unspecified atom stereocenters. The van der Waals surface area contributed by atoms with Gasteiger partial charge in [-0.25, -0.2) is 0 Å². The molecule has 0 radical (unpaired) electrons. The fourth-order valence-electron chi connectivity index (χ4n) is 5.14. The third-order valence-electron chi connectivity index (χ3n) is 5.53. The van der Waals surface area contributed by atoms with Crippen LogP contribution in [0.1, 0.15) is 45.4 Å². The highest BCUT2D eigenvalue weighted by Gasteiger charge is 2.56. The molecule has 4 bridgehead atoms. The molecule has 1 N–H and O–H groups in total. The zero-order valence-electron chi connectivity index (χ0n) is 10.5. The molecule has 4 fully saturated rings. The van der Waals surface area contributed by atoms with Gasteiger partial charge in [0.15, 0.2) is 0 Å². The van der Waals surface area contributed by atoms with Crippen molar-refractivity contribution in [3.63, 3.8) is 0 Å². The van der Waals surface area contributed by atoms with Crippen LogP contribution in [0.4, 0.5) is 0 Å². The molecule has 2 heteroatoms. The average Bonchev–Trinajstić information content (AvgIpc) is 2.24.